The maximum Gasteiger partial charge on any atom is 0.407 e. The lowest BCUT2D eigenvalue weighted by atomic mass is 10.1. The van der Waals surface area contributed by atoms with Gasteiger partial charge in [-0.2, -0.15) is 0 Å². The van der Waals surface area contributed by atoms with E-state index in [9.17, 15) is 18.0 Å². The van der Waals surface area contributed by atoms with Gasteiger partial charge >= 0.3 is 6.09 Å². The highest BCUT2D eigenvalue weighted by Crippen LogP contribution is 2.18. The van der Waals surface area contributed by atoms with Crippen LogP contribution < -0.4 is 20.7 Å². The van der Waals surface area contributed by atoms with Crippen molar-refractivity contribution in [3.8, 4) is 5.75 Å². The smallest absolute Gasteiger partial charge is 0.407 e. The van der Waals surface area contributed by atoms with Crippen molar-refractivity contribution < 1.29 is 27.5 Å². The summed E-state index contributed by atoms with van der Waals surface area (Å²) in [5.74, 6) is -0.792. The molecule has 3 N–H and O–H groups in total. The summed E-state index contributed by atoms with van der Waals surface area (Å²) in [5, 5.41) is 8.32. The molecule has 10 heteroatoms. The van der Waals surface area contributed by atoms with Gasteiger partial charge in [0, 0.05) is 13.1 Å². The highest BCUT2D eigenvalue weighted by molar-refractivity contribution is 7.92. The molecule has 0 saturated heterocycles. The lowest BCUT2D eigenvalue weighted by molar-refractivity contribution is -0.124. The first-order valence-electron chi connectivity index (χ1n) is 14.6. The van der Waals surface area contributed by atoms with E-state index in [2.05, 4.69) is 22.0 Å². The molecule has 1 unspecified atom stereocenters. The first-order chi connectivity index (χ1) is 19.8. The molecule has 0 aliphatic rings. The molecule has 0 heterocycles. The Kier molecular flexibility index (Phi) is 15.9. The van der Waals surface area contributed by atoms with Gasteiger partial charge in [-0.25, -0.2) is 13.2 Å². The number of rotatable bonds is 20. The molecule has 0 aliphatic carbocycles. The van der Waals surface area contributed by atoms with Gasteiger partial charge in [-0.05, 0) is 62.0 Å². The first kappa shape index (κ1) is 34.1. The zero-order valence-electron chi connectivity index (χ0n) is 24.7. The van der Waals surface area contributed by atoms with E-state index in [4.69, 9.17) is 9.47 Å². The van der Waals surface area contributed by atoms with Crippen LogP contribution in [-0.2, 0) is 32.4 Å². The minimum atomic E-state index is -3.54. The van der Waals surface area contributed by atoms with Gasteiger partial charge < -0.3 is 25.4 Å². The maximum atomic E-state index is 13.2. The molecule has 0 saturated carbocycles. The van der Waals surface area contributed by atoms with E-state index in [-0.39, 0.29) is 24.8 Å². The molecule has 2 aromatic carbocycles. The summed E-state index contributed by atoms with van der Waals surface area (Å²) in [6.45, 7) is 5.76. The Morgan fingerprint density at radius 3 is 2.27 bits per heavy atom. The van der Waals surface area contributed by atoms with Crippen molar-refractivity contribution in [2.24, 2.45) is 5.92 Å². The number of ether oxygens (including phenoxy) is 2. The summed E-state index contributed by atoms with van der Waals surface area (Å²) < 4.78 is 37.0. The van der Waals surface area contributed by atoms with Crippen LogP contribution in [0.25, 0.3) is 0 Å². The van der Waals surface area contributed by atoms with E-state index in [0.717, 1.165) is 37.1 Å². The van der Waals surface area contributed by atoms with Gasteiger partial charge in [0.1, 0.15) is 12.4 Å². The van der Waals surface area contributed by atoms with Gasteiger partial charge in [0.05, 0.1) is 24.0 Å². The molecule has 0 aromatic heterocycles. The van der Waals surface area contributed by atoms with Crippen molar-refractivity contribution in [3.63, 3.8) is 0 Å². The minimum absolute atomic E-state index is 0.0850. The summed E-state index contributed by atoms with van der Waals surface area (Å²) in [7, 11) is -1.90. The number of nitrogens with one attached hydrogen (secondary N) is 3. The van der Waals surface area contributed by atoms with E-state index < -0.39 is 27.1 Å². The number of alkyl carbamates (subject to hydrolysis) is 1. The van der Waals surface area contributed by atoms with Crippen molar-refractivity contribution in [3.05, 3.63) is 65.7 Å². The van der Waals surface area contributed by atoms with Crippen LogP contribution in [-0.4, -0.2) is 64.7 Å². The largest absolute Gasteiger partial charge is 0.497 e. The van der Waals surface area contributed by atoms with Gasteiger partial charge in [0.15, 0.2) is 9.84 Å². The van der Waals surface area contributed by atoms with Crippen molar-refractivity contribution >= 4 is 21.8 Å². The predicted octanol–water partition coefficient (Wildman–Crippen LogP) is 4.26. The summed E-state index contributed by atoms with van der Waals surface area (Å²) in [6.07, 6.45) is 3.45. The normalized spacial score (nSPS) is 12.1. The molecule has 228 valence electrons. The molecule has 2 amide bonds. The number of hydrogen-bond donors (Lipinski definition) is 3. The molecule has 0 fully saturated rings. The molecule has 1 atom stereocenters. The van der Waals surface area contributed by atoms with Gasteiger partial charge in [0.2, 0.25) is 5.91 Å². The Morgan fingerprint density at radius 1 is 0.878 bits per heavy atom. The van der Waals surface area contributed by atoms with Gasteiger partial charge in [-0.3, -0.25) is 4.79 Å². The van der Waals surface area contributed by atoms with E-state index in [1.165, 1.54) is 5.56 Å². The van der Waals surface area contributed by atoms with Crippen LogP contribution in [0.4, 0.5) is 4.79 Å². The molecule has 41 heavy (non-hydrogen) atoms. The molecule has 0 radical (unpaired) electrons. The number of benzene rings is 2. The second-order valence-corrected chi connectivity index (χ2v) is 12.5. The molecule has 2 aromatic rings. The molecule has 0 spiro atoms. The number of sulfone groups is 1. The van der Waals surface area contributed by atoms with Crippen molar-refractivity contribution in [1.29, 1.82) is 0 Å². The molecule has 0 aliphatic heterocycles. The van der Waals surface area contributed by atoms with Crippen LogP contribution in [0, 0.1) is 5.92 Å². The van der Waals surface area contributed by atoms with E-state index >= 15 is 0 Å². The fourth-order valence-corrected chi connectivity index (χ4v) is 6.82. The van der Waals surface area contributed by atoms with Gasteiger partial charge in [0.25, 0.3) is 0 Å². The SMILES string of the molecule is CCCC(CCC)S(=O)(=O)CC(CNC(=O)OCc1ccccc1)C(=O)NCCCNCCc1cccc(OC)c1. The van der Waals surface area contributed by atoms with Crippen LogP contribution in [0.3, 0.4) is 0 Å². The first-order valence-corrected chi connectivity index (χ1v) is 16.3. The Labute approximate surface area is 245 Å². The maximum absolute atomic E-state index is 13.2. The standard InChI is InChI=1S/C31H47N3O6S/c1-4-11-29(12-5-2)41(37,38)24-27(22-34-31(36)40-23-26-13-7-6-8-14-26)30(35)33-19-10-18-32-20-17-25-15-9-16-28(21-25)39-3/h6-9,13-16,21,27,29,32H,4-5,10-12,17-20,22-24H2,1-3H3,(H,33,35)(H,34,36). The Bertz CT molecular complexity index is 1140. The number of amides is 2. The number of hydrogen-bond acceptors (Lipinski definition) is 7. The number of methoxy groups -OCH3 is 1. The highest BCUT2D eigenvalue weighted by atomic mass is 32.2. The average Bonchev–Trinajstić information content (AvgIpc) is 2.98. The number of carbonyl (C=O) groups excluding carboxylic acids is 2. The quantitative estimate of drug-likeness (QED) is 0.197. The fourth-order valence-electron chi connectivity index (χ4n) is 4.53. The Balaban J connectivity index is 1.86. The van der Waals surface area contributed by atoms with Gasteiger partial charge in [-0.1, -0.05) is 69.2 Å². The lowest BCUT2D eigenvalue weighted by Crippen LogP contribution is -2.44. The van der Waals surface area contributed by atoms with E-state index in [1.807, 2.05) is 62.4 Å². The monoisotopic (exact) mass is 589 g/mol. The molecular weight excluding hydrogens is 542 g/mol. The third kappa shape index (κ3) is 13.4. The minimum Gasteiger partial charge on any atom is -0.497 e. The molecular formula is C31H47N3O6S. The highest BCUT2D eigenvalue weighted by Gasteiger charge is 2.31. The summed E-state index contributed by atoms with van der Waals surface area (Å²) in [6, 6.07) is 17.2. The third-order valence-corrected chi connectivity index (χ3v) is 9.15. The second kappa shape index (κ2) is 19.1. The molecule has 0 bridgehead atoms. The summed E-state index contributed by atoms with van der Waals surface area (Å²) in [5.41, 5.74) is 2.01. The van der Waals surface area contributed by atoms with Gasteiger partial charge in [-0.15, -0.1) is 0 Å². The van der Waals surface area contributed by atoms with E-state index in [0.29, 0.717) is 32.4 Å². The summed E-state index contributed by atoms with van der Waals surface area (Å²) >= 11 is 0. The number of carbonyl (C=O) groups is 2. The predicted molar refractivity (Wildman–Crippen MR) is 163 cm³/mol. The van der Waals surface area contributed by atoms with Crippen LogP contribution >= 0.6 is 0 Å². The van der Waals surface area contributed by atoms with Crippen LogP contribution in [0.15, 0.2) is 54.6 Å². The van der Waals surface area contributed by atoms with E-state index in [1.54, 1.807) is 7.11 Å². The molecule has 2 rings (SSSR count). The van der Waals surface area contributed by atoms with Crippen molar-refractivity contribution in [2.45, 2.75) is 64.2 Å². The second-order valence-electron chi connectivity index (χ2n) is 10.2. The van der Waals surface area contributed by atoms with Crippen LogP contribution in [0.2, 0.25) is 0 Å². The third-order valence-electron chi connectivity index (χ3n) is 6.79. The zero-order valence-corrected chi connectivity index (χ0v) is 25.5. The average molecular weight is 590 g/mol. The lowest BCUT2D eigenvalue weighted by Gasteiger charge is -2.22. The van der Waals surface area contributed by atoms with Crippen molar-refractivity contribution in [2.75, 3.05) is 39.0 Å². The summed E-state index contributed by atoms with van der Waals surface area (Å²) in [4.78, 5) is 25.4. The fraction of sp³-hybridized carbons (Fsp3) is 0.548. The molecule has 9 nitrogen and oxygen atoms in total. The van der Waals surface area contributed by atoms with Crippen LogP contribution in [0.5, 0.6) is 5.75 Å². The Morgan fingerprint density at radius 2 is 1.59 bits per heavy atom. The van der Waals surface area contributed by atoms with Crippen LogP contribution in [0.1, 0.15) is 57.1 Å². The Hall–Kier alpha value is -3.11. The zero-order chi connectivity index (χ0) is 29.9. The topological polar surface area (TPSA) is 123 Å². The van der Waals surface area contributed by atoms with Crippen molar-refractivity contribution in [1.82, 2.24) is 16.0 Å².